The normalized spacial score (nSPS) is 11.9. The lowest BCUT2D eigenvalue weighted by molar-refractivity contribution is -0.133. The van der Waals surface area contributed by atoms with Crippen molar-refractivity contribution in [1.29, 1.82) is 0 Å². The lowest BCUT2D eigenvalue weighted by Gasteiger charge is -2.28. The maximum atomic E-state index is 13.6. The number of rotatable bonds is 11. The highest BCUT2D eigenvalue weighted by atomic mass is 32.1. The number of carbonyl (C=O) groups excluding carboxylic acids is 2. The number of hydrogen-bond acceptors (Lipinski definition) is 6. The molecule has 196 valence electrons. The van der Waals surface area contributed by atoms with Gasteiger partial charge in [-0.25, -0.2) is 4.79 Å². The number of ether oxygens (including phenoxy) is 3. The van der Waals surface area contributed by atoms with Crippen LogP contribution in [0, 0.1) is 13.8 Å². The Morgan fingerprint density at radius 3 is 2.59 bits per heavy atom. The number of nitrogens with one attached hydrogen (secondary N) is 1. The number of benzene rings is 2. The maximum Gasteiger partial charge on any atom is 0.322 e. The number of amides is 3. The van der Waals surface area contributed by atoms with Gasteiger partial charge in [-0.2, -0.15) is 0 Å². The molecule has 0 fully saturated rings. The second-order valence-electron chi connectivity index (χ2n) is 9.01. The quantitative estimate of drug-likeness (QED) is 0.350. The lowest BCUT2D eigenvalue weighted by Crippen LogP contribution is -2.44. The molecule has 3 amide bonds. The van der Waals surface area contributed by atoms with Crippen molar-refractivity contribution in [2.75, 3.05) is 38.9 Å². The average molecular weight is 524 g/mol. The van der Waals surface area contributed by atoms with Crippen LogP contribution in [-0.4, -0.2) is 55.3 Å². The first-order valence-corrected chi connectivity index (χ1v) is 13.1. The van der Waals surface area contributed by atoms with Gasteiger partial charge in [0.25, 0.3) is 0 Å². The molecule has 0 spiro atoms. The monoisotopic (exact) mass is 523 g/mol. The molecule has 0 saturated heterocycles. The molecular weight excluding hydrogens is 490 g/mol. The highest BCUT2D eigenvalue weighted by Crippen LogP contribution is 2.33. The van der Waals surface area contributed by atoms with E-state index in [9.17, 15) is 9.59 Å². The van der Waals surface area contributed by atoms with Crippen molar-refractivity contribution in [3.63, 3.8) is 0 Å². The van der Waals surface area contributed by atoms with Crippen molar-refractivity contribution in [2.24, 2.45) is 0 Å². The molecule has 2 aromatic carbocycles. The standard InChI is InChI=1S/C28H33N3O5S/c1-20-7-9-23(14-21(20)2)29-28(33)30(11-5-12-34-3)18-27(32)31(17-24-6-4-13-37-24)16-22-8-10-25-26(15-22)36-19-35-25/h4,6-10,13-15H,5,11-12,16-19H2,1-3H3,(H,29,33). The fourth-order valence-corrected chi connectivity index (χ4v) is 4.74. The van der Waals surface area contributed by atoms with Crippen molar-refractivity contribution in [1.82, 2.24) is 9.80 Å². The van der Waals surface area contributed by atoms with Crippen LogP contribution < -0.4 is 14.8 Å². The number of thiophene rings is 1. The van der Waals surface area contributed by atoms with Gasteiger partial charge in [0.05, 0.1) is 6.54 Å². The molecule has 0 bridgehead atoms. The molecule has 8 nitrogen and oxygen atoms in total. The van der Waals surface area contributed by atoms with Crippen molar-refractivity contribution in [3.8, 4) is 11.5 Å². The Morgan fingerprint density at radius 1 is 1.00 bits per heavy atom. The summed E-state index contributed by atoms with van der Waals surface area (Å²) < 4.78 is 16.1. The van der Waals surface area contributed by atoms with Crippen molar-refractivity contribution in [2.45, 2.75) is 33.4 Å². The van der Waals surface area contributed by atoms with Gasteiger partial charge in [0.1, 0.15) is 6.54 Å². The number of anilines is 1. The van der Waals surface area contributed by atoms with Crippen molar-refractivity contribution in [3.05, 3.63) is 75.5 Å². The Kier molecular flexibility index (Phi) is 9.03. The zero-order valence-electron chi connectivity index (χ0n) is 21.5. The summed E-state index contributed by atoms with van der Waals surface area (Å²) in [5, 5.41) is 4.94. The minimum Gasteiger partial charge on any atom is -0.454 e. The summed E-state index contributed by atoms with van der Waals surface area (Å²) in [6.45, 7) is 5.92. The number of urea groups is 1. The second kappa shape index (κ2) is 12.6. The third kappa shape index (κ3) is 7.24. The molecule has 9 heteroatoms. The van der Waals surface area contributed by atoms with E-state index in [1.165, 1.54) is 0 Å². The predicted molar refractivity (Wildman–Crippen MR) is 144 cm³/mol. The van der Waals surface area contributed by atoms with E-state index in [0.717, 1.165) is 21.6 Å². The summed E-state index contributed by atoms with van der Waals surface area (Å²) in [7, 11) is 1.62. The smallest absolute Gasteiger partial charge is 0.322 e. The van der Waals surface area contributed by atoms with E-state index in [0.29, 0.717) is 49.8 Å². The van der Waals surface area contributed by atoms with Gasteiger partial charge in [-0.15, -0.1) is 11.3 Å². The van der Waals surface area contributed by atoms with Crippen LogP contribution in [0.2, 0.25) is 0 Å². The Bertz CT molecular complexity index is 1210. The van der Waals surface area contributed by atoms with Crippen LogP contribution in [0.1, 0.15) is 28.0 Å². The average Bonchev–Trinajstić information content (AvgIpc) is 3.57. The Balaban J connectivity index is 1.50. The summed E-state index contributed by atoms with van der Waals surface area (Å²) >= 11 is 1.60. The highest BCUT2D eigenvalue weighted by molar-refractivity contribution is 7.09. The molecule has 2 heterocycles. The third-order valence-electron chi connectivity index (χ3n) is 6.24. The number of methoxy groups -OCH3 is 1. The zero-order chi connectivity index (χ0) is 26.2. The molecule has 1 aliphatic rings. The molecule has 0 radical (unpaired) electrons. The maximum absolute atomic E-state index is 13.6. The van der Waals surface area contributed by atoms with Crippen molar-refractivity contribution >= 4 is 29.0 Å². The van der Waals surface area contributed by atoms with Crippen LogP contribution >= 0.6 is 11.3 Å². The molecule has 0 atom stereocenters. The second-order valence-corrected chi connectivity index (χ2v) is 10.0. The Labute approximate surface area is 221 Å². The number of hydrogen-bond donors (Lipinski definition) is 1. The summed E-state index contributed by atoms with van der Waals surface area (Å²) in [6, 6.07) is 15.1. The lowest BCUT2D eigenvalue weighted by atomic mass is 10.1. The van der Waals surface area contributed by atoms with Crippen LogP contribution in [0.5, 0.6) is 11.5 Å². The Hall–Kier alpha value is -3.56. The van der Waals surface area contributed by atoms with E-state index in [1.54, 1.807) is 28.2 Å². The topological polar surface area (TPSA) is 80.3 Å². The van der Waals surface area contributed by atoms with Crippen LogP contribution in [0.3, 0.4) is 0 Å². The third-order valence-corrected chi connectivity index (χ3v) is 7.10. The first-order valence-electron chi connectivity index (χ1n) is 12.2. The molecular formula is C28H33N3O5S. The molecule has 0 aliphatic carbocycles. The van der Waals surface area contributed by atoms with Gasteiger partial charge in [0, 0.05) is 37.4 Å². The van der Waals surface area contributed by atoms with Crippen LogP contribution in [-0.2, 0) is 22.6 Å². The first-order chi connectivity index (χ1) is 17.9. The van der Waals surface area contributed by atoms with Gasteiger partial charge in [-0.05, 0) is 72.7 Å². The molecule has 37 heavy (non-hydrogen) atoms. The van der Waals surface area contributed by atoms with E-state index in [1.807, 2.05) is 67.8 Å². The molecule has 3 aromatic rings. The molecule has 0 unspecified atom stereocenters. The minimum atomic E-state index is -0.313. The van der Waals surface area contributed by atoms with Crippen LogP contribution in [0.4, 0.5) is 10.5 Å². The minimum absolute atomic E-state index is 0.0453. The van der Waals surface area contributed by atoms with Crippen LogP contribution in [0.15, 0.2) is 53.9 Å². The number of nitrogens with zero attached hydrogens (tertiary/aromatic N) is 2. The fourth-order valence-electron chi connectivity index (χ4n) is 4.02. The van der Waals surface area contributed by atoms with E-state index in [-0.39, 0.29) is 25.3 Å². The highest BCUT2D eigenvalue weighted by Gasteiger charge is 2.23. The van der Waals surface area contributed by atoms with Gasteiger partial charge in [0.2, 0.25) is 12.7 Å². The number of carbonyl (C=O) groups is 2. The van der Waals surface area contributed by atoms with Gasteiger partial charge in [-0.1, -0.05) is 18.2 Å². The van der Waals surface area contributed by atoms with Gasteiger partial charge >= 0.3 is 6.03 Å². The van der Waals surface area contributed by atoms with E-state index >= 15 is 0 Å². The molecule has 1 N–H and O–H groups in total. The molecule has 1 aromatic heterocycles. The van der Waals surface area contributed by atoms with Gasteiger partial charge in [0.15, 0.2) is 11.5 Å². The molecule has 0 saturated carbocycles. The number of fused-ring (bicyclic) bond motifs is 1. The first kappa shape index (κ1) is 26.5. The SMILES string of the molecule is COCCCN(CC(=O)N(Cc1ccc2c(c1)OCO2)Cc1cccs1)C(=O)Nc1ccc(C)c(C)c1. The van der Waals surface area contributed by atoms with Gasteiger partial charge < -0.3 is 29.3 Å². The fraction of sp³-hybridized carbons (Fsp3) is 0.357. The largest absolute Gasteiger partial charge is 0.454 e. The van der Waals surface area contributed by atoms with E-state index < -0.39 is 0 Å². The number of aryl methyl sites for hydroxylation is 2. The summed E-state index contributed by atoms with van der Waals surface area (Å²) in [4.78, 5) is 31.3. The summed E-state index contributed by atoms with van der Waals surface area (Å²) in [5.41, 5.74) is 3.87. The summed E-state index contributed by atoms with van der Waals surface area (Å²) in [6.07, 6.45) is 0.622. The Morgan fingerprint density at radius 2 is 1.84 bits per heavy atom. The molecule has 1 aliphatic heterocycles. The van der Waals surface area contributed by atoms with E-state index in [2.05, 4.69) is 5.32 Å². The molecule has 4 rings (SSSR count). The van der Waals surface area contributed by atoms with E-state index in [4.69, 9.17) is 14.2 Å². The van der Waals surface area contributed by atoms with Crippen molar-refractivity contribution < 1.29 is 23.8 Å². The van der Waals surface area contributed by atoms with Gasteiger partial charge in [-0.3, -0.25) is 4.79 Å². The predicted octanol–water partition coefficient (Wildman–Crippen LogP) is 5.19. The zero-order valence-corrected chi connectivity index (χ0v) is 22.3. The summed E-state index contributed by atoms with van der Waals surface area (Å²) in [5.74, 6) is 1.24. The van der Waals surface area contributed by atoms with Crippen LogP contribution in [0.25, 0.3) is 0 Å².